The lowest BCUT2D eigenvalue weighted by molar-refractivity contribution is -0.385. The molecule has 2 aromatic carbocycles. The molecule has 0 unspecified atom stereocenters. The van der Waals surface area contributed by atoms with Gasteiger partial charge in [0, 0.05) is 30.0 Å². The van der Waals surface area contributed by atoms with E-state index in [0.29, 0.717) is 0 Å². The zero-order valence-electron chi connectivity index (χ0n) is 12.3. The van der Waals surface area contributed by atoms with Gasteiger partial charge in [0.25, 0.3) is 11.4 Å². The van der Waals surface area contributed by atoms with Crippen molar-refractivity contribution in [1.29, 1.82) is 0 Å². The Morgan fingerprint density at radius 1 is 0.880 bits per heavy atom. The predicted octanol–water partition coefficient (Wildman–Crippen LogP) is 2.85. The van der Waals surface area contributed by atoms with Gasteiger partial charge in [-0.3, -0.25) is 20.2 Å². The van der Waals surface area contributed by atoms with E-state index in [2.05, 4.69) is 10.6 Å². The highest BCUT2D eigenvalue weighted by Gasteiger charge is 2.17. The summed E-state index contributed by atoms with van der Waals surface area (Å²) in [5.74, 6) is -1.45. The van der Waals surface area contributed by atoms with Crippen LogP contribution in [-0.4, -0.2) is 27.0 Å². The first-order valence-corrected chi connectivity index (χ1v) is 6.62. The number of carboxylic acids is 1. The number of urea groups is 1. The van der Waals surface area contributed by atoms with E-state index in [1.54, 1.807) is 0 Å². The maximum Gasteiger partial charge on any atom is 0.338 e. The second-order valence-electron chi connectivity index (χ2n) is 4.68. The quantitative estimate of drug-likeness (QED) is 0.553. The number of nitro benzene ring substituents is 2. The fourth-order valence-corrected chi connectivity index (χ4v) is 1.88. The minimum atomic E-state index is -1.45. The summed E-state index contributed by atoms with van der Waals surface area (Å²) >= 11 is 0. The minimum absolute atomic E-state index is 0.141. The molecule has 11 nitrogen and oxygen atoms in total. The van der Waals surface area contributed by atoms with Crippen molar-refractivity contribution in [2.24, 2.45) is 0 Å². The fraction of sp³-hybridized carbons (Fsp3) is 0. The van der Waals surface area contributed by atoms with Crippen molar-refractivity contribution < 1.29 is 24.5 Å². The number of aromatic carboxylic acids is 1. The van der Waals surface area contributed by atoms with E-state index in [9.17, 15) is 29.8 Å². The number of benzene rings is 2. The molecule has 0 aliphatic carbocycles. The number of hydrogen-bond donors (Lipinski definition) is 3. The molecule has 0 aliphatic rings. The Balaban J connectivity index is 2.15. The van der Waals surface area contributed by atoms with Gasteiger partial charge in [-0.2, -0.15) is 0 Å². The first kappa shape index (κ1) is 17.3. The Labute approximate surface area is 139 Å². The van der Waals surface area contributed by atoms with Crippen LogP contribution in [0.3, 0.4) is 0 Å². The number of carbonyl (C=O) groups is 2. The van der Waals surface area contributed by atoms with E-state index in [1.807, 2.05) is 0 Å². The summed E-state index contributed by atoms with van der Waals surface area (Å²) < 4.78 is 0. The van der Waals surface area contributed by atoms with E-state index in [-0.39, 0.29) is 17.1 Å². The number of rotatable bonds is 5. The first-order valence-electron chi connectivity index (χ1n) is 6.62. The lowest BCUT2D eigenvalue weighted by Crippen LogP contribution is -2.21. The monoisotopic (exact) mass is 346 g/mol. The van der Waals surface area contributed by atoms with Gasteiger partial charge in [-0.25, -0.2) is 9.59 Å². The minimum Gasteiger partial charge on any atom is -0.478 e. The molecule has 128 valence electrons. The molecular weight excluding hydrogens is 336 g/mol. The third-order valence-corrected chi connectivity index (χ3v) is 3.03. The van der Waals surface area contributed by atoms with Crippen LogP contribution in [0.15, 0.2) is 42.5 Å². The van der Waals surface area contributed by atoms with Crippen LogP contribution in [-0.2, 0) is 0 Å². The highest BCUT2D eigenvalue weighted by Crippen LogP contribution is 2.23. The van der Waals surface area contributed by atoms with Crippen molar-refractivity contribution in [3.63, 3.8) is 0 Å². The number of carboxylic acid groups (broad SMARTS) is 1. The molecule has 25 heavy (non-hydrogen) atoms. The van der Waals surface area contributed by atoms with Gasteiger partial charge >= 0.3 is 12.0 Å². The summed E-state index contributed by atoms with van der Waals surface area (Å²) in [5.41, 5.74) is -0.944. The highest BCUT2D eigenvalue weighted by molar-refractivity contribution is 6.05. The van der Waals surface area contributed by atoms with Gasteiger partial charge in [-0.1, -0.05) is 0 Å². The smallest absolute Gasteiger partial charge is 0.338 e. The summed E-state index contributed by atoms with van der Waals surface area (Å²) in [7, 11) is 0. The lowest BCUT2D eigenvalue weighted by Gasteiger charge is -2.10. The van der Waals surface area contributed by atoms with Gasteiger partial charge in [0.15, 0.2) is 0 Å². The van der Waals surface area contributed by atoms with Crippen molar-refractivity contribution in [2.75, 3.05) is 10.6 Å². The number of nitrogens with one attached hydrogen (secondary N) is 2. The second-order valence-corrected chi connectivity index (χ2v) is 4.68. The van der Waals surface area contributed by atoms with Gasteiger partial charge in [0.05, 0.1) is 21.1 Å². The Morgan fingerprint density at radius 2 is 1.44 bits per heavy atom. The average molecular weight is 346 g/mol. The van der Waals surface area contributed by atoms with Crippen LogP contribution in [0.1, 0.15) is 10.4 Å². The van der Waals surface area contributed by atoms with E-state index >= 15 is 0 Å². The van der Waals surface area contributed by atoms with E-state index < -0.39 is 33.1 Å². The number of nitro groups is 2. The summed E-state index contributed by atoms with van der Waals surface area (Å²) in [5, 5.41) is 35.0. The zero-order chi connectivity index (χ0) is 18.6. The van der Waals surface area contributed by atoms with Gasteiger partial charge in [-0.15, -0.1) is 0 Å². The molecule has 0 aromatic heterocycles. The Hall–Kier alpha value is -4.02. The summed E-state index contributed by atoms with van der Waals surface area (Å²) in [4.78, 5) is 43.0. The number of amides is 2. The van der Waals surface area contributed by atoms with Crippen molar-refractivity contribution in [1.82, 2.24) is 0 Å². The van der Waals surface area contributed by atoms with Crippen molar-refractivity contribution in [3.8, 4) is 0 Å². The SMILES string of the molecule is O=C(Nc1ccc([N+](=O)[O-])cc1)Nc1ccc([N+](=O)[O-])cc1C(=O)O. The van der Waals surface area contributed by atoms with Gasteiger partial charge in [0.2, 0.25) is 0 Å². The topological polar surface area (TPSA) is 165 Å². The Bertz CT molecular complexity index is 864. The number of nitrogens with zero attached hydrogens (tertiary/aromatic N) is 2. The van der Waals surface area contributed by atoms with E-state index in [1.165, 1.54) is 24.3 Å². The number of hydrogen-bond acceptors (Lipinski definition) is 6. The molecule has 0 saturated carbocycles. The summed E-state index contributed by atoms with van der Waals surface area (Å²) in [6, 6.07) is 7.12. The molecule has 2 rings (SSSR count). The molecule has 0 spiro atoms. The molecule has 11 heteroatoms. The molecule has 2 amide bonds. The zero-order valence-corrected chi connectivity index (χ0v) is 12.3. The fourth-order valence-electron chi connectivity index (χ4n) is 1.88. The molecule has 0 saturated heterocycles. The van der Waals surface area contributed by atoms with Gasteiger partial charge in [0.1, 0.15) is 0 Å². The molecule has 3 N–H and O–H groups in total. The third-order valence-electron chi connectivity index (χ3n) is 3.03. The predicted molar refractivity (Wildman–Crippen MR) is 85.8 cm³/mol. The van der Waals surface area contributed by atoms with E-state index in [4.69, 9.17) is 5.11 Å². The molecule has 0 atom stereocenters. The van der Waals surface area contributed by atoms with Crippen LogP contribution in [0.4, 0.5) is 27.5 Å². The standard InChI is InChI=1S/C14H10N4O7/c19-13(20)11-7-10(18(24)25)5-6-12(11)16-14(21)15-8-1-3-9(4-2-8)17(22)23/h1-7H,(H,19,20)(H2,15,16,21). The first-order chi connectivity index (χ1) is 11.8. The van der Waals surface area contributed by atoms with Crippen molar-refractivity contribution in [3.05, 3.63) is 68.3 Å². The maximum absolute atomic E-state index is 11.9. The molecular formula is C14H10N4O7. The third kappa shape index (κ3) is 4.25. The summed E-state index contributed by atoms with van der Waals surface area (Å²) in [6.45, 7) is 0. The molecule has 0 radical (unpaired) electrons. The molecule has 0 bridgehead atoms. The molecule has 0 heterocycles. The average Bonchev–Trinajstić information content (AvgIpc) is 2.55. The van der Waals surface area contributed by atoms with Crippen LogP contribution >= 0.6 is 0 Å². The van der Waals surface area contributed by atoms with Crippen LogP contribution in [0.2, 0.25) is 0 Å². The van der Waals surface area contributed by atoms with Crippen LogP contribution < -0.4 is 10.6 Å². The molecule has 2 aromatic rings. The molecule has 0 aliphatic heterocycles. The highest BCUT2D eigenvalue weighted by atomic mass is 16.6. The Kier molecular flexibility index (Phi) is 4.88. The molecule has 0 fully saturated rings. The largest absolute Gasteiger partial charge is 0.478 e. The van der Waals surface area contributed by atoms with Gasteiger partial charge in [-0.05, 0) is 18.2 Å². The van der Waals surface area contributed by atoms with Crippen LogP contribution in [0.25, 0.3) is 0 Å². The number of non-ortho nitro benzene ring substituents is 2. The summed E-state index contributed by atoms with van der Waals surface area (Å²) in [6.07, 6.45) is 0. The second kappa shape index (κ2) is 7.04. The Morgan fingerprint density at radius 3 is 1.96 bits per heavy atom. The number of anilines is 2. The lowest BCUT2D eigenvalue weighted by atomic mass is 10.1. The normalized spacial score (nSPS) is 9.92. The number of carbonyl (C=O) groups excluding carboxylic acids is 1. The van der Waals surface area contributed by atoms with Crippen molar-refractivity contribution >= 4 is 34.7 Å². The van der Waals surface area contributed by atoms with Crippen molar-refractivity contribution in [2.45, 2.75) is 0 Å². The van der Waals surface area contributed by atoms with Crippen LogP contribution in [0, 0.1) is 20.2 Å². The van der Waals surface area contributed by atoms with E-state index in [0.717, 1.165) is 18.2 Å². The van der Waals surface area contributed by atoms with Gasteiger partial charge < -0.3 is 15.7 Å². The van der Waals surface area contributed by atoms with Crippen LogP contribution in [0.5, 0.6) is 0 Å². The maximum atomic E-state index is 11.9.